The monoisotopic (exact) mass is 302 g/mol. The van der Waals surface area contributed by atoms with Crippen LogP contribution in [0.15, 0.2) is 35.5 Å². The van der Waals surface area contributed by atoms with Crippen LogP contribution in [0.2, 0.25) is 5.02 Å². The van der Waals surface area contributed by atoms with Crippen molar-refractivity contribution in [3.8, 4) is 5.69 Å². The maximum atomic E-state index is 9.34. The van der Waals surface area contributed by atoms with Gasteiger partial charge in [-0.25, -0.2) is 0 Å². The second-order valence-corrected chi connectivity index (χ2v) is 6.96. The summed E-state index contributed by atoms with van der Waals surface area (Å²) in [6.07, 6.45) is 1.75. The standard InChI is InChI=1S/C17H19ClN2O/c1-11-8-14-15(19-21)9-17(2,3)10-16(14)20(11)13-6-4-12(18)5-7-13/h4-8,21H,9-10H2,1-3H3/b19-15+. The smallest absolute Gasteiger partial charge is 0.0891 e. The topological polar surface area (TPSA) is 37.5 Å². The third-order valence-electron chi connectivity index (χ3n) is 4.10. The molecule has 0 fully saturated rings. The first-order valence-electron chi connectivity index (χ1n) is 7.10. The number of hydrogen-bond acceptors (Lipinski definition) is 2. The molecule has 0 unspecified atom stereocenters. The third kappa shape index (κ3) is 2.46. The molecule has 1 aliphatic rings. The van der Waals surface area contributed by atoms with E-state index >= 15 is 0 Å². The molecular weight excluding hydrogens is 284 g/mol. The van der Waals surface area contributed by atoms with E-state index in [-0.39, 0.29) is 5.41 Å². The van der Waals surface area contributed by atoms with E-state index in [1.54, 1.807) is 0 Å². The Kier molecular flexibility index (Phi) is 3.33. The summed E-state index contributed by atoms with van der Waals surface area (Å²) in [5, 5.41) is 13.6. The lowest BCUT2D eigenvalue weighted by Gasteiger charge is -2.31. The van der Waals surface area contributed by atoms with Gasteiger partial charge in [0, 0.05) is 27.7 Å². The first-order valence-corrected chi connectivity index (χ1v) is 7.47. The van der Waals surface area contributed by atoms with E-state index in [2.05, 4.69) is 36.6 Å². The second kappa shape index (κ2) is 4.92. The van der Waals surface area contributed by atoms with Gasteiger partial charge in [0.15, 0.2) is 0 Å². The normalized spacial score (nSPS) is 18.8. The van der Waals surface area contributed by atoms with Gasteiger partial charge < -0.3 is 9.77 Å². The molecule has 1 N–H and O–H groups in total. The van der Waals surface area contributed by atoms with Gasteiger partial charge in [-0.1, -0.05) is 30.6 Å². The number of nitrogens with zero attached hydrogens (tertiary/aromatic N) is 2. The summed E-state index contributed by atoms with van der Waals surface area (Å²) in [6, 6.07) is 9.95. The highest BCUT2D eigenvalue weighted by atomic mass is 35.5. The summed E-state index contributed by atoms with van der Waals surface area (Å²) >= 11 is 5.99. The van der Waals surface area contributed by atoms with Gasteiger partial charge in [0.1, 0.15) is 0 Å². The quantitative estimate of drug-likeness (QED) is 0.607. The number of rotatable bonds is 1. The fourth-order valence-corrected chi connectivity index (χ4v) is 3.34. The summed E-state index contributed by atoms with van der Waals surface area (Å²) in [6.45, 7) is 6.49. The van der Waals surface area contributed by atoms with E-state index < -0.39 is 0 Å². The number of halogens is 1. The zero-order chi connectivity index (χ0) is 15.2. The van der Waals surface area contributed by atoms with E-state index in [4.69, 9.17) is 11.6 Å². The van der Waals surface area contributed by atoms with Crippen LogP contribution in [-0.4, -0.2) is 15.5 Å². The van der Waals surface area contributed by atoms with Crippen LogP contribution in [0.25, 0.3) is 5.69 Å². The van der Waals surface area contributed by atoms with E-state index in [1.165, 1.54) is 5.69 Å². The zero-order valence-corrected chi connectivity index (χ0v) is 13.3. The molecule has 0 saturated carbocycles. The summed E-state index contributed by atoms with van der Waals surface area (Å²) in [5.41, 5.74) is 5.36. The van der Waals surface area contributed by atoms with Crippen LogP contribution in [0, 0.1) is 12.3 Å². The van der Waals surface area contributed by atoms with Crippen molar-refractivity contribution < 1.29 is 5.21 Å². The Balaban J connectivity index is 2.20. The second-order valence-electron chi connectivity index (χ2n) is 6.52. The zero-order valence-electron chi connectivity index (χ0n) is 12.5. The predicted molar refractivity (Wildman–Crippen MR) is 85.9 cm³/mol. The van der Waals surface area contributed by atoms with Crippen LogP contribution in [-0.2, 0) is 6.42 Å². The molecule has 0 spiro atoms. The van der Waals surface area contributed by atoms with Crippen molar-refractivity contribution in [2.75, 3.05) is 0 Å². The van der Waals surface area contributed by atoms with Crippen molar-refractivity contribution in [2.45, 2.75) is 33.6 Å². The number of oxime groups is 1. The number of aromatic nitrogens is 1. The maximum Gasteiger partial charge on any atom is 0.0891 e. The summed E-state index contributed by atoms with van der Waals surface area (Å²) in [7, 11) is 0. The van der Waals surface area contributed by atoms with Crippen molar-refractivity contribution in [3.63, 3.8) is 0 Å². The molecule has 1 aromatic heterocycles. The Labute approximate surface area is 129 Å². The molecule has 0 atom stereocenters. The summed E-state index contributed by atoms with van der Waals surface area (Å²) in [5.74, 6) is 0. The molecular formula is C17H19ClN2O. The first kappa shape index (κ1) is 14.2. The van der Waals surface area contributed by atoms with Crippen molar-refractivity contribution in [1.29, 1.82) is 0 Å². The van der Waals surface area contributed by atoms with Crippen LogP contribution in [0.4, 0.5) is 0 Å². The van der Waals surface area contributed by atoms with Crippen LogP contribution < -0.4 is 0 Å². The fourth-order valence-electron chi connectivity index (χ4n) is 3.22. The van der Waals surface area contributed by atoms with Gasteiger partial charge in [0.05, 0.1) is 5.71 Å². The Morgan fingerprint density at radius 1 is 1.19 bits per heavy atom. The first-order chi connectivity index (χ1) is 9.91. The SMILES string of the molecule is Cc1cc2c(n1-c1ccc(Cl)cc1)CC(C)(C)C/C2=N\O. The highest BCUT2D eigenvalue weighted by Gasteiger charge is 2.33. The largest absolute Gasteiger partial charge is 0.411 e. The molecule has 4 heteroatoms. The Morgan fingerprint density at radius 3 is 2.48 bits per heavy atom. The summed E-state index contributed by atoms with van der Waals surface area (Å²) < 4.78 is 2.23. The minimum absolute atomic E-state index is 0.0868. The number of benzene rings is 1. The van der Waals surface area contributed by atoms with Crippen molar-refractivity contribution >= 4 is 17.3 Å². The average molecular weight is 303 g/mol. The number of fused-ring (bicyclic) bond motifs is 1. The lowest BCUT2D eigenvalue weighted by atomic mass is 9.76. The van der Waals surface area contributed by atoms with Crippen LogP contribution in [0.1, 0.15) is 37.2 Å². The molecule has 0 bridgehead atoms. The summed E-state index contributed by atoms with van der Waals surface area (Å²) in [4.78, 5) is 0. The number of aryl methyl sites for hydroxylation is 1. The lowest BCUT2D eigenvalue weighted by Crippen LogP contribution is -2.28. The van der Waals surface area contributed by atoms with Crippen molar-refractivity contribution in [1.82, 2.24) is 4.57 Å². The molecule has 0 radical (unpaired) electrons. The van der Waals surface area contributed by atoms with E-state index in [9.17, 15) is 5.21 Å². The molecule has 21 heavy (non-hydrogen) atoms. The highest BCUT2D eigenvalue weighted by Crippen LogP contribution is 2.37. The molecule has 0 aliphatic heterocycles. The minimum atomic E-state index is 0.0868. The molecule has 3 nitrogen and oxygen atoms in total. The van der Waals surface area contributed by atoms with E-state index in [0.717, 1.165) is 40.5 Å². The molecule has 1 aromatic carbocycles. The minimum Gasteiger partial charge on any atom is -0.411 e. The van der Waals surface area contributed by atoms with Gasteiger partial charge >= 0.3 is 0 Å². The van der Waals surface area contributed by atoms with Crippen molar-refractivity contribution in [3.05, 3.63) is 52.3 Å². The molecule has 3 rings (SSSR count). The predicted octanol–water partition coefficient (Wildman–Crippen LogP) is 4.59. The lowest BCUT2D eigenvalue weighted by molar-refractivity contribution is 0.305. The molecule has 1 aliphatic carbocycles. The van der Waals surface area contributed by atoms with Gasteiger partial charge in [-0.3, -0.25) is 0 Å². The molecule has 1 heterocycles. The van der Waals surface area contributed by atoms with Gasteiger partial charge in [-0.15, -0.1) is 0 Å². The molecule has 0 saturated heterocycles. The van der Waals surface area contributed by atoms with Crippen LogP contribution in [0.3, 0.4) is 0 Å². The Morgan fingerprint density at radius 2 is 1.86 bits per heavy atom. The van der Waals surface area contributed by atoms with Gasteiger partial charge in [0.25, 0.3) is 0 Å². The number of hydrogen-bond donors (Lipinski definition) is 1. The molecule has 0 amide bonds. The average Bonchev–Trinajstić information content (AvgIpc) is 2.74. The van der Waals surface area contributed by atoms with Crippen LogP contribution in [0.5, 0.6) is 0 Å². The fraction of sp³-hybridized carbons (Fsp3) is 0.353. The Bertz CT molecular complexity index is 711. The van der Waals surface area contributed by atoms with E-state index in [1.807, 2.05) is 24.3 Å². The molecule has 2 aromatic rings. The van der Waals surface area contributed by atoms with E-state index in [0.29, 0.717) is 0 Å². The van der Waals surface area contributed by atoms with Gasteiger partial charge in [0.2, 0.25) is 0 Å². The third-order valence-corrected chi connectivity index (χ3v) is 4.35. The molecule has 110 valence electrons. The van der Waals surface area contributed by atoms with Gasteiger partial charge in [-0.2, -0.15) is 0 Å². The van der Waals surface area contributed by atoms with Crippen LogP contribution >= 0.6 is 11.6 Å². The Hall–Kier alpha value is -1.74. The highest BCUT2D eigenvalue weighted by molar-refractivity contribution is 6.30. The van der Waals surface area contributed by atoms with Gasteiger partial charge in [-0.05, 0) is 55.5 Å². The van der Waals surface area contributed by atoms with Crippen molar-refractivity contribution in [2.24, 2.45) is 10.6 Å². The maximum absolute atomic E-state index is 9.34.